The topological polar surface area (TPSA) is 46.5 Å². The summed E-state index contributed by atoms with van der Waals surface area (Å²) in [6.45, 7) is 0. The zero-order chi connectivity index (χ0) is 18.8. The van der Waals surface area contributed by atoms with Crippen molar-refractivity contribution in [3.05, 3.63) is 89.5 Å². The fourth-order valence-corrected chi connectivity index (χ4v) is 3.26. The predicted octanol–water partition coefficient (Wildman–Crippen LogP) is 5.10. The van der Waals surface area contributed by atoms with Gasteiger partial charge < -0.3 is 9.84 Å². The number of hydrogen-bond donors (Lipinski definition) is 1. The molecule has 0 atom stereocenters. The molecule has 0 aliphatic carbocycles. The van der Waals surface area contributed by atoms with Gasteiger partial charge in [-0.1, -0.05) is 72.5 Å². The highest BCUT2D eigenvalue weighted by molar-refractivity contribution is 6.00. The molecule has 0 aliphatic heterocycles. The molecular weight excluding hydrogens is 336 g/mol. The van der Waals surface area contributed by atoms with E-state index in [4.69, 9.17) is 4.74 Å². The second kappa shape index (κ2) is 6.86. The van der Waals surface area contributed by atoms with Gasteiger partial charge in [-0.3, -0.25) is 0 Å². The van der Waals surface area contributed by atoms with Gasteiger partial charge in [0, 0.05) is 10.9 Å². The van der Waals surface area contributed by atoms with E-state index in [0.717, 1.165) is 27.1 Å². The van der Waals surface area contributed by atoms with Gasteiger partial charge in [-0.05, 0) is 28.3 Å². The summed E-state index contributed by atoms with van der Waals surface area (Å²) in [5, 5.41) is 13.4. The first-order valence-electron chi connectivity index (χ1n) is 8.52. The van der Waals surface area contributed by atoms with Crippen molar-refractivity contribution < 1.29 is 14.6 Å². The van der Waals surface area contributed by atoms with Crippen LogP contribution in [0.2, 0.25) is 0 Å². The smallest absolute Gasteiger partial charge is 0.336 e. The van der Waals surface area contributed by atoms with Crippen molar-refractivity contribution in [2.24, 2.45) is 0 Å². The largest absolute Gasteiger partial charge is 0.495 e. The fraction of sp³-hybridized carbons (Fsp3) is 0.0417. The molecule has 3 nitrogen and oxygen atoms in total. The van der Waals surface area contributed by atoms with Crippen LogP contribution in [0.1, 0.15) is 21.5 Å². The lowest BCUT2D eigenvalue weighted by molar-refractivity contribution is 0.0697. The van der Waals surface area contributed by atoms with Crippen molar-refractivity contribution >= 4 is 27.5 Å². The Bertz CT molecular complexity index is 1240. The zero-order valence-corrected chi connectivity index (χ0v) is 14.7. The molecule has 0 saturated heterocycles. The molecule has 0 bridgehead atoms. The van der Waals surface area contributed by atoms with Crippen LogP contribution < -0.4 is 4.74 Å². The average Bonchev–Trinajstić information content (AvgIpc) is 2.71. The lowest BCUT2D eigenvalue weighted by Crippen LogP contribution is -2.00. The number of benzene rings is 4. The van der Waals surface area contributed by atoms with Crippen molar-refractivity contribution in [1.82, 2.24) is 0 Å². The minimum Gasteiger partial charge on any atom is -0.495 e. The molecule has 130 valence electrons. The molecule has 4 rings (SSSR count). The monoisotopic (exact) mass is 352 g/mol. The molecule has 0 aliphatic rings. The third kappa shape index (κ3) is 2.98. The number of carbonyl (C=O) groups is 1. The van der Waals surface area contributed by atoms with Crippen LogP contribution in [0.4, 0.5) is 0 Å². The normalized spacial score (nSPS) is 10.4. The summed E-state index contributed by atoms with van der Waals surface area (Å²) >= 11 is 0. The van der Waals surface area contributed by atoms with E-state index in [1.165, 1.54) is 0 Å². The van der Waals surface area contributed by atoms with Crippen LogP contribution in [-0.4, -0.2) is 18.2 Å². The Balaban J connectivity index is 2.00. The highest BCUT2D eigenvalue weighted by Gasteiger charge is 2.12. The van der Waals surface area contributed by atoms with Crippen molar-refractivity contribution in [2.75, 3.05) is 7.11 Å². The Morgan fingerprint density at radius 2 is 1.33 bits per heavy atom. The van der Waals surface area contributed by atoms with Crippen molar-refractivity contribution in [3.63, 3.8) is 0 Å². The van der Waals surface area contributed by atoms with E-state index in [1.54, 1.807) is 13.2 Å². The molecule has 0 amide bonds. The highest BCUT2D eigenvalue weighted by atomic mass is 16.5. The molecule has 0 radical (unpaired) electrons. The van der Waals surface area contributed by atoms with Gasteiger partial charge in [0.25, 0.3) is 0 Å². The van der Waals surface area contributed by atoms with Crippen molar-refractivity contribution in [1.29, 1.82) is 0 Å². The minimum atomic E-state index is -0.991. The summed E-state index contributed by atoms with van der Waals surface area (Å²) in [4.78, 5) is 11.7. The van der Waals surface area contributed by atoms with E-state index in [1.807, 2.05) is 66.7 Å². The third-order valence-electron chi connectivity index (χ3n) is 4.58. The van der Waals surface area contributed by atoms with Gasteiger partial charge in [-0.25, -0.2) is 4.79 Å². The van der Waals surface area contributed by atoms with Gasteiger partial charge in [0.05, 0.1) is 18.2 Å². The van der Waals surface area contributed by atoms with Crippen LogP contribution in [-0.2, 0) is 0 Å². The van der Waals surface area contributed by atoms with Gasteiger partial charge in [-0.15, -0.1) is 0 Å². The maximum absolute atomic E-state index is 11.7. The van der Waals surface area contributed by atoms with Gasteiger partial charge in [0.2, 0.25) is 0 Å². The van der Waals surface area contributed by atoms with E-state index in [2.05, 4.69) is 11.8 Å². The summed E-state index contributed by atoms with van der Waals surface area (Å²) < 4.78 is 5.49. The SMILES string of the molecule is COc1ccc2ccccc2c1C#Cc1c(C(=O)O)ccc2ccccc12. The maximum atomic E-state index is 11.7. The molecule has 0 fully saturated rings. The van der Waals surface area contributed by atoms with Gasteiger partial charge in [0.1, 0.15) is 5.75 Å². The summed E-state index contributed by atoms with van der Waals surface area (Å²) in [6, 6.07) is 22.9. The van der Waals surface area contributed by atoms with Gasteiger partial charge in [0.15, 0.2) is 0 Å². The van der Waals surface area contributed by atoms with Crippen LogP contribution in [0.5, 0.6) is 5.75 Å². The number of aromatic carboxylic acids is 1. The molecule has 0 heterocycles. The summed E-state index contributed by atoms with van der Waals surface area (Å²) in [5.74, 6) is 5.96. The Kier molecular flexibility index (Phi) is 4.24. The standard InChI is InChI=1S/C24H16O3/c1-27-23-15-11-17-7-3-5-9-19(17)21(23)14-13-20-18-8-4-2-6-16(18)10-12-22(20)24(25)26/h2-12,15H,1H3,(H,25,26). The molecule has 3 heteroatoms. The van der Waals surface area contributed by atoms with E-state index in [-0.39, 0.29) is 5.56 Å². The molecule has 4 aromatic rings. The van der Waals surface area contributed by atoms with Gasteiger partial charge in [-0.2, -0.15) is 0 Å². The number of ether oxygens (including phenoxy) is 1. The molecule has 0 aromatic heterocycles. The number of carboxylic acids is 1. The first-order valence-corrected chi connectivity index (χ1v) is 8.52. The lowest BCUT2D eigenvalue weighted by Gasteiger charge is -2.08. The summed E-state index contributed by atoms with van der Waals surface area (Å²) in [6.07, 6.45) is 0. The van der Waals surface area contributed by atoms with Crippen LogP contribution in [0.25, 0.3) is 21.5 Å². The molecule has 1 N–H and O–H groups in total. The number of hydrogen-bond acceptors (Lipinski definition) is 2. The van der Waals surface area contributed by atoms with E-state index >= 15 is 0 Å². The van der Waals surface area contributed by atoms with E-state index < -0.39 is 5.97 Å². The predicted molar refractivity (Wildman–Crippen MR) is 107 cm³/mol. The van der Waals surface area contributed by atoms with Crippen LogP contribution in [0, 0.1) is 11.8 Å². The van der Waals surface area contributed by atoms with Crippen LogP contribution in [0.15, 0.2) is 72.8 Å². The number of rotatable bonds is 2. The summed E-state index contributed by atoms with van der Waals surface area (Å²) in [7, 11) is 1.61. The second-order valence-electron chi connectivity index (χ2n) is 6.13. The number of methoxy groups -OCH3 is 1. The number of fused-ring (bicyclic) bond motifs is 2. The fourth-order valence-electron chi connectivity index (χ4n) is 3.26. The third-order valence-corrected chi connectivity index (χ3v) is 4.58. The Morgan fingerprint density at radius 1 is 0.778 bits per heavy atom. The first-order chi connectivity index (χ1) is 13.2. The Hall–Kier alpha value is -3.77. The highest BCUT2D eigenvalue weighted by Crippen LogP contribution is 2.28. The van der Waals surface area contributed by atoms with Crippen molar-refractivity contribution in [3.8, 4) is 17.6 Å². The maximum Gasteiger partial charge on any atom is 0.336 e. The molecular formula is C24H16O3. The lowest BCUT2D eigenvalue weighted by atomic mass is 9.98. The van der Waals surface area contributed by atoms with E-state index in [9.17, 15) is 9.90 Å². The number of carboxylic acid groups (broad SMARTS) is 1. The molecule has 4 aromatic carbocycles. The zero-order valence-electron chi connectivity index (χ0n) is 14.7. The van der Waals surface area contributed by atoms with Crippen molar-refractivity contribution in [2.45, 2.75) is 0 Å². The molecule has 0 unspecified atom stereocenters. The van der Waals surface area contributed by atoms with E-state index in [0.29, 0.717) is 11.3 Å². The first kappa shape index (κ1) is 16.7. The summed E-state index contributed by atoms with van der Waals surface area (Å²) in [5.41, 5.74) is 1.45. The quantitative estimate of drug-likeness (QED) is 0.511. The average molecular weight is 352 g/mol. The molecule has 27 heavy (non-hydrogen) atoms. The second-order valence-corrected chi connectivity index (χ2v) is 6.13. The Labute approximate surface area is 156 Å². The van der Waals surface area contributed by atoms with Crippen LogP contribution in [0.3, 0.4) is 0 Å². The Morgan fingerprint density at radius 3 is 1.96 bits per heavy atom. The molecule has 0 spiro atoms. The molecule has 0 saturated carbocycles. The minimum absolute atomic E-state index is 0.195. The van der Waals surface area contributed by atoms with Gasteiger partial charge >= 0.3 is 5.97 Å². The van der Waals surface area contributed by atoms with Crippen LogP contribution >= 0.6 is 0 Å².